The maximum Gasteiger partial charge on any atom is 0.292 e. The molecule has 3 rings (SSSR count). The molecule has 1 aliphatic heterocycles. The van der Waals surface area contributed by atoms with Crippen LogP contribution < -0.4 is 9.80 Å². The predicted molar refractivity (Wildman–Crippen MR) is 102 cm³/mol. The molecule has 26 heavy (non-hydrogen) atoms. The summed E-state index contributed by atoms with van der Waals surface area (Å²) in [5.41, 5.74) is 1.72. The molecule has 1 heterocycles. The molecule has 1 saturated heterocycles. The van der Waals surface area contributed by atoms with E-state index in [0.717, 1.165) is 5.69 Å². The van der Waals surface area contributed by atoms with E-state index >= 15 is 0 Å². The molecule has 0 bridgehead atoms. The number of rotatable bonds is 5. The van der Waals surface area contributed by atoms with Crippen molar-refractivity contribution in [2.45, 2.75) is 11.8 Å². The molecule has 0 atom stereocenters. The smallest absolute Gasteiger partial charge is 0.292 e. The lowest BCUT2D eigenvalue weighted by Crippen LogP contribution is -2.46. The molecule has 0 aliphatic carbocycles. The molecule has 0 saturated carbocycles. The zero-order valence-corrected chi connectivity index (χ0v) is 15.4. The molecule has 2 aromatic carbocycles. The van der Waals surface area contributed by atoms with Crippen molar-refractivity contribution in [3.8, 4) is 0 Å². The number of nitro groups is 1. The van der Waals surface area contributed by atoms with Gasteiger partial charge in [0, 0.05) is 37.9 Å². The Kier molecular flexibility index (Phi) is 5.13. The van der Waals surface area contributed by atoms with Crippen LogP contribution in [0.3, 0.4) is 0 Å². The van der Waals surface area contributed by atoms with Gasteiger partial charge in [-0.05, 0) is 30.3 Å². The maximum absolute atomic E-state index is 11.9. The van der Waals surface area contributed by atoms with Crippen LogP contribution in [0.5, 0.6) is 0 Å². The van der Waals surface area contributed by atoms with Crippen LogP contribution in [0.15, 0.2) is 53.4 Å². The van der Waals surface area contributed by atoms with Crippen molar-refractivity contribution < 1.29 is 13.3 Å². The fourth-order valence-electron chi connectivity index (χ4n) is 3.12. The van der Waals surface area contributed by atoms with E-state index < -0.39 is 9.84 Å². The molecule has 0 unspecified atom stereocenters. The van der Waals surface area contributed by atoms with Crippen LogP contribution in [0.1, 0.15) is 6.92 Å². The van der Waals surface area contributed by atoms with Gasteiger partial charge in [-0.25, -0.2) is 8.42 Å². The Labute approximate surface area is 152 Å². The predicted octanol–water partition coefficient (Wildman–Crippen LogP) is 2.72. The maximum atomic E-state index is 11.9. The Morgan fingerprint density at radius 3 is 2.12 bits per heavy atom. The Morgan fingerprint density at radius 2 is 1.54 bits per heavy atom. The van der Waals surface area contributed by atoms with Gasteiger partial charge < -0.3 is 9.80 Å². The first-order chi connectivity index (χ1) is 12.4. The molecular weight excluding hydrogens is 354 g/mol. The summed E-state index contributed by atoms with van der Waals surface area (Å²) in [6.45, 7) is 4.39. The molecule has 1 aliphatic rings. The van der Waals surface area contributed by atoms with Gasteiger partial charge in [0.05, 0.1) is 15.6 Å². The van der Waals surface area contributed by atoms with E-state index in [9.17, 15) is 18.5 Å². The molecule has 2 aromatic rings. The minimum atomic E-state index is -3.19. The number of nitrogens with zero attached hydrogens (tertiary/aromatic N) is 3. The summed E-state index contributed by atoms with van der Waals surface area (Å²) in [7, 11) is -3.19. The molecule has 0 radical (unpaired) electrons. The quantitative estimate of drug-likeness (QED) is 0.590. The van der Waals surface area contributed by atoms with Gasteiger partial charge in [0.15, 0.2) is 9.84 Å². The lowest BCUT2D eigenvalue weighted by atomic mass is 10.2. The highest BCUT2D eigenvalue weighted by atomic mass is 32.2. The molecule has 7 nitrogen and oxygen atoms in total. The topological polar surface area (TPSA) is 83.8 Å². The van der Waals surface area contributed by atoms with Gasteiger partial charge in [0.2, 0.25) is 0 Å². The fourth-order valence-corrected chi connectivity index (χ4v) is 4.01. The van der Waals surface area contributed by atoms with Crippen molar-refractivity contribution in [3.63, 3.8) is 0 Å². The van der Waals surface area contributed by atoms with Gasteiger partial charge in [-0.3, -0.25) is 10.1 Å². The highest BCUT2D eigenvalue weighted by Crippen LogP contribution is 2.29. The van der Waals surface area contributed by atoms with E-state index in [2.05, 4.69) is 4.90 Å². The molecule has 0 N–H and O–H groups in total. The molecule has 0 amide bonds. The number of sulfone groups is 1. The summed E-state index contributed by atoms with van der Waals surface area (Å²) in [5, 5.41) is 11.2. The van der Waals surface area contributed by atoms with Crippen molar-refractivity contribution in [2.75, 3.05) is 41.7 Å². The molecular formula is C18H21N3O4S. The lowest BCUT2D eigenvalue weighted by molar-refractivity contribution is -0.384. The average molecular weight is 375 g/mol. The monoisotopic (exact) mass is 375 g/mol. The number of benzene rings is 2. The normalized spacial score (nSPS) is 15.1. The Morgan fingerprint density at radius 1 is 0.962 bits per heavy atom. The second-order valence-electron chi connectivity index (χ2n) is 6.12. The van der Waals surface area contributed by atoms with Crippen LogP contribution in [-0.2, 0) is 9.84 Å². The van der Waals surface area contributed by atoms with Crippen molar-refractivity contribution in [2.24, 2.45) is 0 Å². The summed E-state index contributed by atoms with van der Waals surface area (Å²) in [6, 6.07) is 13.7. The van der Waals surface area contributed by atoms with E-state index in [0.29, 0.717) is 36.8 Å². The fraction of sp³-hybridized carbons (Fsp3) is 0.333. The number of para-hydroxylation sites is 2. The zero-order valence-electron chi connectivity index (χ0n) is 14.5. The van der Waals surface area contributed by atoms with Crippen LogP contribution in [0.4, 0.5) is 17.1 Å². The van der Waals surface area contributed by atoms with E-state index in [4.69, 9.17) is 0 Å². The first-order valence-corrected chi connectivity index (χ1v) is 10.1. The highest BCUT2D eigenvalue weighted by molar-refractivity contribution is 7.91. The zero-order chi connectivity index (χ0) is 18.7. The van der Waals surface area contributed by atoms with Crippen molar-refractivity contribution in [1.82, 2.24) is 0 Å². The second-order valence-corrected chi connectivity index (χ2v) is 8.40. The second kappa shape index (κ2) is 7.33. The highest BCUT2D eigenvalue weighted by Gasteiger charge is 2.23. The SMILES string of the molecule is CCS(=O)(=O)c1ccc(N2CCN(c3ccccc3[N+](=O)[O-])CC2)cc1. The van der Waals surface area contributed by atoms with Crippen LogP contribution in [0.25, 0.3) is 0 Å². The number of piperazine rings is 1. The molecule has 0 aromatic heterocycles. The summed E-state index contributed by atoms with van der Waals surface area (Å²) >= 11 is 0. The van der Waals surface area contributed by atoms with Crippen LogP contribution >= 0.6 is 0 Å². The van der Waals surface area contributed by atoms with Crippen LogP contribution in [-0.4, -0.2) is 45.3 Å². The van der Waals surface area contributed by atoms with Gasteiger partial charge in [-0.2, -0.15) is 0 Å². The standard InChI is InChI=1S/C18H21N3O4S/c1-2-26(24,25)16-9-7-15(8-10-16)19-11-13-20(14-12-19)17-5-3-4-6-18(17)21(22)23/h3-10H,2,11-14H2,1H3. The van der Waals surface area contributed by atoms with Crippen molar-refractivity contribution in [1.29, 1.82) is 0 Å². The minimum Gasteiger partial charge on any atom is -0.368 e. The Bertz CT molecular complexity index is 889. The molecule has 138 valence electrons. The van der Waals surface area contributed by atoms with E-state index in [1.54, 1.807) is 31.2 Å². The first kappa shape index (κ1) is 18.2. The van der Waals surface area contributed by atoms with E-state index in [-0.39, 0.29) is 16.4 Å². The van der Waals surface area contributed by atoms with E-state index in [1.165, 1.54) is 6.07 Å². The third-order valence-corrected chi connectivity index (χ3v) is 6.39. The van der Waals surface area contributed by atoms with Gasteiger partial charge in [-0.1, -0.05) is 19.1 Å². The third-order valence-electron chi connectivity index (χ3n) is 4.64. The summed E-state index contributed by atoms with van der Waals surface area (Å²) in [6.07, 6.45) is 0. The lowest BCUT2D eigenvalue weighted by Gasteiger charge is -2.37. The van der Waals surface area contributed by atoms with Gasteiger partial charge >= 0.3 is 0 Å². The summed E-state index contributed by atoms with van der Waals surface area (Å²) < 4.78 is 23.8. The third kappa shape index (κ3) is 3.65. The number of nitro benzene ring substituents is 1. The Balaban J connectivity index is 1.70. The average Bonchev–Trinajstić information content (AvgIpc) is 2.68. The number of hydrogen-bond acceptors (Lipinski definition) is 6. The van der Waals surface area contributed by atoms with Gasteiger partial charge in [0.1, 0.15) is 5.69 Å². The Hall–Kier alpha value is -2.61. The van der Waals surface area contributed by atoms with Crippen LogP contribution in [0.2, 0.25) is 0 Å². The number of anilines is 2. The largest absolute Gasteiger partial charge is 0.368 e. The molecule has 1 fully saturated rings. The van der Waals surface area contributed by atoms with Gasteiger partial charge in [-0.15, -0.1) is 0 Å². The minimum absolute atomic E-state index is 0.0842. The summed E-state index contributed by atoms with van der Waals surface area (Å²) in [4.78, 5) is 15.4. The van der Waals surface area contributed by atoms with Crippen molar-refractivity contribution in [3.05, 3.63) is 58.6 Å². The molecule has 0 spiro atoms. The van der Waals surface area contributed by atoms with E-state index in [1.807, 2.05) is 23.1 Å². The number of hydrogen-bond donors (Lipinski definition) is 0. The van der Waals surface area contributed by atoms with Gasteiger partial charge in [0.25, 0.3) is 5.69 Å². The molecule has 8 heteroatoms. The first-order valence-electron chi connectivity index (χ1n) is 8.48. The van der Waals surface area contributed by atoms with Crippen molar-refractivity contribution >= 4 is 26.9 Å². The summed E-state index contributed by atoms with van der Waals surface area (Å²) in [5.74, 6) is 0.0842. The van der Waals surface area contributed by atoms with Crippen LogP contribution in [0, 0.1) is 10.1 Å².